The first-order valence-corrected chi connectivity index (χ1v) is 5.47. The van der Waals surface area contributed by atoms with Crippen LogP contribution >= 0.6 is 0 Å². The molecular formula is C11H21NO2. The summed E-state index contributed by atoms with van der Waals surface area (Å²) in [5.74, 6) is 0.555. The van der Waals surface area contributed by atoms with E-state index in [-0.39, 0.29) is 5.91 Å². The molecule has 1 N–H and O–H groups in total. The number of hydrogen-bond acceptors (Lipinski definition) is 2. The maximum absolute atomic E-state index is 11.8. The van der Waals surface area contributed by atoms with E-state index in [0.29, 0.717) is 5.92 Å². The van der Waals surface area contributed by atoms with E-state index in [9.17, 15) is 9.90 Å². The van der Waals surface area contributed by atoms with Crippen LogP contribution in [0.25, 0.3) is 0 Å². The van der Waals surface area contributed by atoms with E-state index >= 15 is 0 Å². The fourth-order valence-electron chi connectivity index (χ4n) is 1.54. The lowest BCUT2D eigenvalue weighted by molar-refractivity contribution is -0.148. The topological polar surface area (TPSA) is 40.5 Å². The van der Waals surface area contributed by atoms with Crippen LogP contribution in [0, 0.1) is 5.92 Å². The summed E-state index contributed by atoms with van der Waals surface area (Å²) >= 11 is 0. The summed E-state index contributed by atoms with van der Waals surface area (Å²) in [6, 6.07) is 0. The predicted molar refractivity (Wildman–Crippen MR) is 55.9 cm³/mol. The van der Waals surface area contributed by atoms with Gasteiger partial charge in [0, 0.05) is 13.1 Å². The summed E-state index contributed by atoms with van der Waals surface area (Å²) in [5, 5.41) is 9.63. The summed E-state index contributed by atoms with van der Waals surface area (Å²) in [6.45, 7) is 6.77. The van der Waals surface area contributed by atoms with Crippen molar-refractivity contribution in [3.8, 4) is 0 Å². The van der Waals surface area contributed by atoms with Crippen LogP contribution in [-0.4, -0.2) is 34.6 Å². The van der Waals surface area contributed by atoms with Crippen molar-refractivity contribution in [2.75, 3.05) is 13.1 Å². The first kappa shape index (κ1) is 11.5. The second-order valence-corrected chi connectivity index (χ2v) is 4.75. The van der Waals surface area contributed by atoms with E-state index in [1.807, 2.05) is 0 Å². The third kappa shape index (κ3) is 3.29. The second-order valence-electron chi connectivity index (χ2n) is 4.75. The van der Waals surface area contributed by atoms with Gasteiger partial charge in [-0.05, 0) is 39.0 Å². The molecule has 0 radical (unpaired) electrons. The van der Waals surface area contributed by atoms with Crippen LogP contribution in [-0.2, 0) is 4.79 Å². The fraction of sp³-hybridized carbons (Fsp3) is 0.909. The van der Waals surface area contributed by atoms with Crippen LogP contribution in [0.4, 0.5) is 0 Å². The van der Waals surface area contributed by atoms with E-state index in [2.05, 4.69) is 6.92 Å². The Kier molecular flexibility index (Phi) is 3.53. The Morgan fingerprint density at radius 3 is 2.43 bits per heavy atom. The Balaban J connectivity index is 2.51. The zero-order chi connectivity index (χ0) is 10.8. The number of nitrogens with zero attached hydrogens (tertiary/aromatic N) is 1. The number of amides is 1. The van der Waals surface area contributed by atoms with Crippen molar-refractivity contribution >= 4 is 5.91 Å². The molecule has 1 saturated carbocycles. The Labute approximate surface area is 86.1 Å². The van der Waals surface area contributed by atoms with Gasteiger partial charge in [0.25, 0.3) is 5.91 Å². The van der Waals surface area contributed by atoms with Gasteiger partial charge in [-0.3, -0.25) is 4.79 Å². The normalized spacial score (nSPS) is 16.9. The lowest BCUT2D eigenvalue weighted by atomic mass is 10.1. The molecule has 3 nitrogen and oxygen atoms in total. The second kappa shape index (κ2) is 4.30. The third-order valence-corrected chi connectivity index (χ3v) is 2.48. The number of carbonyl (C=O) groups is 1. The summed E-state index contributed by atoms with van der Waals surface area (Å²) in [6.07, 6.45) is 3.42. The molecule has 0 saturated heterocycles. The van der Waals surface area contributed by atoms with Crippen LogP contribution in [0.2, 0.25) is 0 Å². The standard InChI is InChI=1S/C11H21NO2/c1-4-7-12(8-9-5-6-9)10(13)11(2,3)14/h9,14H,4-8H2,1-3H3. The Hall–Kier alpha value is -0.570. The van der Waals surface area contributed by atoms with Crippen molar-refractivity contribution in [1.82, 2.24) is 4.90 Å². The van der Waals surface area contributed by atoms with Crippen molar-refractivity contribution < 1.29 is 9.90 Å². The minimum absolute atomic E-state index is 0.133. The summed E-state index contributed by atoms with van der Waals surface area (Å²) < 4.78 is 0. The highest BCUT2D eigenvalue weighted by Crippen LogP contribution is 2.30. The molecule has 0 bridgehead atoms. The summed E-state index contributed by atoms with van der Waals surface area (Å²) in [7, 11) is 0. The van der Waals surface area contributed by atoms with Gasteiger partial charge in [0.2, 0.25) is 0 Å². The van der Waals surface area contributed by atoms with E-state index < -0.39 is 5.60 Å². The largest absolute Gasteiger partial charge is 0.381 e. The van der Waals surface area contributed by atoms with Crippen LogP contribution < -0.4 is 0 Å². The molecule has 1 amide bonds. The molecule has 0 aromatic heterocycles. The van der Waals surface area contributed by atoms with E-state index in [0.717, 1.165) is 19.5 Å². The minimum Gasteiger partial charge on any atom is -0.381 e. The molecule has 82 valence electrons. The zero-order valence-electron chi connectivity index (χ0n) is 9.42. The van der Waals surface area contributed by atoms with E-state index in [4.69, 9.17) is 0 Å². The molecule has 1 rings (SSSR count). The van der Waals surface area contributed by atoms with Crippen LogP contribution in [0.3, 0.4) is 0 Å². The van der Waals surface area contributed by atoms with Gasteiger partial charge in [-0.15, -0.1) is 0 Å². The van der Waals surface area contributed by atoms with Gasteiger partial charge in [0.05, 0.1) is 0 Å². The Morgan fingerprint density at radius 1 is 1.50 bits per heavy atom. The molecule has 0 aromatic carbocycles. The van der Waals surface area contributed by atoms with Gasteiger partial charge < -0.3 is 10.0 Å². The maximum atomic E-state index is 11.8. The fourth-order valence-corrected chi connectivity index (χ4v) is 1.54. The molecule has 0 atom stereocenters. The molecular weight excluding hydrogens is 178 g/mol. The molecule has 0 aliphatic heterocycles. The Bertz CT molecular complexity index is 204. The number of aliphatic hydroxyl groups is 1. The molecule has 0 unspecified atom stereocenters. The highest BCUT2D eigenvalue weighted by Gasteiger charge is 2.32. The monoisotopic (exact) mass is 199 g/mol. The number of hydrogen-bond donors (Lipinski definition) is 1. The number of carbonyl (C=O) groups excluding carboxylic acids is 1. The number of rotatable bonds is 5. The zero-order valence-corrected chi connectivity index (χ0v) is 9.42. The first-order chi connectivity index (χ1) is 6.45. The minimum atomic E-state index is -1.22. The maximum Gasteiger partial charge on any atom is 0.253 e. The van der Waals surface area contributed by atoms with Crippen molar-refractivity contribution in [3.05, 3.63) is 0 Å². The average molecular weight is 199 g/mol. The molecule has 1 aliphatic rings. The van der Waals surface area contributed by atoms with Crippen molar-refractivity contribution in [2.45, 2.75) is 45.6 Å². The van der Waals surface area contributed by atoms with Crippen LogP contribution in [0.5, 0.6) is 0 Å². The van der Waals surface area contributed by atoms with E-state index in [1.165, 1.54) is 12.8 Å². The summed E-state index contributed by atoms with van der Waals surface area (Å²) in [4.78, 5) is 13.6. The van der Waals surface area contributed by atoms with Gasteiger partial charge in [-0.2, -0.15) is 0 Å². The summed E-state index contributed by atoms with van der Waals surface area (Å²) in [5.41, 5.74) is -1.22. The molecule has 1 aliphatic carbocycles. The van der Waals surface area contributed by atoms with Gasteiger partial charge in [0.15, 0.2) is 0 Å². The first-order valence-electron chi connectivity index (χ1n) is 5.47. The van der Waals surface area contributed by atoms with Crippen molar-refractivity contribution in [1.29, 1.82) is 0 Å². The molecule has 0 spiro atoms. The van der Waals surface area contributed by atoms with E-state index in [1.54, 1.807) is 18.7 Å². The molecule has 1 fully saturated rings. The predicted octanol–water partition coefficient (Wildman–Crippen LogP) is 1.41. The lowest BCUT2D eigenvalue weighted by Crippen LogP contribution is -2.46. The van der Waals surface area contributed by atoms with Crippen molar-refractivity contribution in [2.24, 2.45) is 5.92 Å². The van der Waals surface area contributed by atoms with Gasteiger partial charge in [0.1, 0.15) is 5.60 Å². The molecule has 0 heterocycles. The van der Waals surface area contributed by atoms with Gasteiger partial charge in [-0.1, -0.05) is 6.92 Å². The Morgan fingerprint density at radius 2 is 2.07 bits per heavy atom. The van der Waals surface area contributed by atoms with Gasteiger partial charge in [-0.25, -0.2) is 0 Å². The third-order valence-electron chi connectivity index (χ3n) is 2.48. The molecule has 14 heavy (non-hydrogen) atoms. The van der Waals surface area contributed by atoms with Crippen molar-refractivity contribution in [3.63, 3.8) is 0 Å². The van der Waals surface area contributed by atoms with Gasteiger partial charge >= 0.3 is 0 Å². The highest BCUT2D eigenvalue weighted by molar-refractivity contribution is 5.84. The smallest absolute Gasteiger partial charge is 0.253 e. The molecule has 0 aromatic rings. The van der Waals surface area contributed by atoms with Crippen LogP contribution in [0.15, 0.2) is 0 Å². The average Bonchev–Trinajstić information content (AvgIpc) is 2.84. The van der Waals surface area contributed by atoms with Crippen LogP contribution in [0.1, 0.15) is 40.0 Å². The SMILES string of the molecule is CCCN(CC1CC1)C(=O)C(C)(C)O. The quantitative estimate of drug-likeness (QED) is 0.727. The molecule has 3 heteroatoms. The highest BCUT2D eigenvalue weighted by atomic mass is 16.3. The lowest BCUT2D eigenvalue weighted by Gasteiger charge is -2.28.